The number of nitrogens with zero attached hydrogens (tertiary/aromatic N) is 1. The van der Waals surface area contributed by atoms with Gasteiger partial charge >= 0.3 is 0 Å². The lowest BCUT2D eigenvalue weighted by Gasteiger charge is -2.03. The summed E-state index contributed by atoms with van der Waals surface area (Å²) in [5, 5.41) is 20.6. The first-order valence-corrected chi connectivity index (χ1v) is 3.56. The standard InChI is InChI=1S/C7H4ClNO4/c8-5-3-1-2-4(7(10)11)6(5)9(12)13/h1-3H,(H,10,11)/p-1. The van der Waals surface area contributed by atoms with Crippen LogP contribution in [0.2, 0.25) is 5.02 Å². The predicted octanol–water partition coefficient (Wildman–Crippen LogP) is 0.612. The van der Waals surface area contributed by atoms with Crippen molar-refractivity contribution in [3.05, 3.63) is 38.9 Å². The van der Waals surface area contributed by atoms with Crippen LogP contribution in [0.1, 0.15) is 10.4 Å². The summed E-state index contributed by atoms with van der Waals surface area (Å²) in [4.78, 5) is 19.9. The molecule has 0 amide bonds. The summed E-state index contributed by atoms with van der Waals surface area (Å²) in [6.07, 6.45) is 0. The fourth-order valence-electron chi connectivity index (χ4n) is 0.866. The fourth-order valence-corrected chi connectivity index (χ4v) is 1.11. The summed E-state index contributed by atoms with van der Waals surface area (Å²) in [6, 6.07) is 3.62. The van der Waals surface area contributed by atoms with Gasteiger partial charge in [0.1, 0.15) is 5.02 Å². The van der Waals surface area contributed by atoms with Gasteiger partial charge in [0.15, 0.2) is 0 Å². The Hall–Kier alpha value is -1.62. The van der Waals surface area contributed by atoms with E-state index in [2.05, 4.69) is 0 Å². The summed E-state index contributed by atoms with van der Waals surface area (Å²) in [5.74, 6) is -1.62. The number of para-hydroxylation sites is 1. The van der Waals surface area contributed by atoms with Crippen LogP contribution in [-0.2, 0) is 0 Å². The molecule has 1 aromatic carbocycles. The monoisotopic (exact) mass is 200 g/mol. The van der Waals surface area contributed by atoms with E-state index in [1.807, 2.05) is 0 Å². The minimum absolute atomic E-state index is 0.216. The lowest BCUT2D eigenvalue weighted by Crippen LogP contribution is -2.23. The van der Waals surface area contributed by atoms with E-state index < -0.39 is 22.1 Å². The van der Waals surface area contributed by atoms with E-state index in [1.165, 1.54) is 12.1 Å². The van der Waals surface area contributed by atoms with E-state index in [1.54, 1.807) is 0 Å². The van der Waals surface area contributed by atoms with Crippen molar-refractivity contribution in [2.45, 2.75) is 0 Å². The number of halogens is 1. The smallest absolute Gasteiger partial charge is 0.296 e. The molecule has 0 radical (unpaired) electrons. The van der Waals surface area contributed by atoms with Gasteiger partial charge in [-0.25, -0.2) is 0 Å². The van der Waals surface area contributed by atoms with Crippen LogP contribution < -0.4 is 5.11 Å². The number of nitro groups is 1. The minimum Gasteiger partial charge on any atom is -0.545 e. The molecule has 0 fully saturated rings. The number of hydrogen-bond donors (Lipinski definition) is 0. The third-order valence-electron chi connectivity index (χ3n) is 1.39. The molecule has 0 aliphatic rings. The van der Waals surface area contributed by atoms with Crippen molar-refractivity contribution in [1.29, 1.82) is 0 Å². The highest BCUT2D eigenvalue weighted by Gasteiger charge is 2.18. The summed E-state index contributed by atoms with van der Waals surface area (Å²) < 4.78 is 0. The van der Waals surface area contributed by atoms with Gasteiger partial charge in [-0.15, -0.1) is 0 Å². The fraction of sp³-hybridized carbons (Fsp3) is 0. The molecule has 5 nitrogen and oxygen atoms in total. The molecule has 0 saturated heterocycles. The van der Waals surface area contributed by atoms with Gasteiger partial charge in [-0.1, -0.05) is 17.7 Å². The molecule has 13 heavy (non-hydrogen) atoms. The first kappa shape index (κ1) is 9.47. The number of benzene rings is 1. The first-order chi connectivity index (χ1) is 6.04. The summed E-state index contributed by atoms with van der Waals surface area (Å²) in [7, 11) is 0. The van der Waals surface area contributed by atoms with Crippen LogP contribution in [0.25, 0.3) is 0 Å². The number of rotatable bonds is 2. The maximum absolute atomic E-state index is 10.4. The summed E-state index contributed by atoms with van der Waals surface area (Å²) >= 11 is 5.44. The second-order valence-electron chi connectivity index (χ2n) is 2.18. The number of hydrogen-bond acceptors (Lipinski definition) is 4. The Morgan fingerprint density at radius 3 is 2.46 bits per heavy atom. The molecule has 1 aromatic rings. The molecule has 0 aliphatic heterocycles. The predicted molar refractivity (Wildman–Crippen MR) is 42.4 cm³/mol. The summed E-state index contributed by atoms with van der Waals surface area (Å²) in [5.41, 5.74) is -1.15. The van der Waals surface area contributed by atoms with Crippen LogP contribution in [-0.4, -0.2) is 10.9 Å². The molecular weight excluding hydrogens is 198 g/mol. The van der Waals surface area contributed by atoms with Crippen LogP contribution in [0.4, 0.5) is 5.69 Å². The van der Waals surface area contributed by atoms with Crippen LogP contribution in [0.15, 0.2) is 18.2 Å². The van der Waals surface area contributed by atoms with E-state index in [9.17, 15) is 20.0 Å². The molecule has 0 aliphatic carbocycles. The third kappa shape index (κ3) is 1.75. The van der Waals surface area contributed by atoms with Gasteiger partial charge in [-0.05, 0) is 12.1 Å². The lowest BCUT2D eigenvalue weighted by atomic mass is 10.2. The van der Waals surface area contributed by atoms with Crippen molar-refractivity contribution in [1.82, 2.24) is 0 Å². The van der Waals surface area contributed by atoms with E-state index in [4.69, 9.17) is 11.6 Å². The van der Waals surface area contributed by atoms with E-state index in [0.717, 1.165) is 6.07 Å². The topological polar surface area (TPSA) is 83.3 Å². The maximum atomic E-state index is 10.4. The second-order valence-corrected chi connectivity index (χ2v) is 2.59. The zero-order valence-electron chi connectivity index (χ0n) is 6.19. The number of carbonyl (C=O) groups is 1. The molecule has 1 rings (SSSR count). The van der Waals surface area contributed by atoms with Gasteiger partial charge in [0.05, 0.1) is 16.5 Å². The van der Waals surface area contributed by atoms with Crippen LogP contribution >= 0.6 is 11.6 Å². The number of carboxylic acids is 1. The van der Waals surface area contributed by atoms with E-state index >= 15 is 0 Å². The largest absolute Gasteiger partial charge is 0.545 e. The first-order valence-electron chi connectivity index (χ1n) is 3.18. The van der Waals surface area contributed by atoms with E-state index in [-0.39, 0.29) is 5.02 Å². The lowest BCUT2D eigenvalue weighted by molar-refractivity contribution is -0.385. The Kier molecular flexibility index (Phi) is 2.48. The van der Waals surface area contributed by atoms with Crippen LogP contribution in [0, 0.1) is 10.1 Å². The van der Waals surface area contributed by atoms with Crippen molar-refractivity contribution in [3.8, 4) is 0 Å². The average molecular weight is 201 g/mol. The second kappa shape index (κ2) is 3.40. The molecule has 0 bridgehead atoms. The van der Waals surface area contributed by atoms with Gasteiger partial charge < -0.3 is 9.90 Å². The quantitative estimate of drug-likeness (QED) is 0.517. The number of aromatic carboxylic acids is 1. The number of nitro benzene ring substituents is 1. The molecular formula is C7H3ClNO4-. The Morgan fingerprint density at radius 2 is 2.08 bits per heavy atom. The highest BCUT2D eigenvalue weighted by molar-refractivity contribution is 6.33. The normalized spacial score (nSPS) is 9.62. The minimum atomic E-state index is -1.62. The van der Waals surface area contributed by atoms with Crippen molar-refractivity contribution < 1.29 is 14.8 Å². The molecule has 6 heteroatoms. The highest BCUT2D eigenvalue weighted by atomic mass is 35.5. The van der Waals surface area contributed by atoms with Gasteiger partial charge in [-0.3, -0.25) is 10.1 Å². The molecule has 68 valence electrons. The van der Waals surface area contributed by atoms with E-state index in [0.29, 0.717) is 0 Å². The van der Waals surface area contributed by atoms with Gasteiger partial charge in [0, 0.05) is 0 Å². The van der Waals surface area contributed by atoms with Crippen molar-refractivity contribution in [3.63, 3.8) is 0 Å². The summed E-state index contributed by atoms with van der Waals surface area (Å²) in [6.45, 7) is 0. The van der Waals surface area contributed by atoms with Crippen LogP contribution in [0.3, 0.4) is 0 Å². The molecule has 0 atom stereocenters. The Morgan fingerprint density at radius 1 is 1.46 bits per heavy atom. The van der Waals surface area contributed by atoms with Crippen molar-refractivity contribution >= 4 is 23.3 Å². The van der Waals surface area contributed by atoms with Gasteiger partial charge in [0.2, 0.25) is 0 Å². The number of carbonyl (C=O) groups excluding carboxylic acids is 1. The zero-order chi connectivity index (χ0) is 10.0. The molecule has 0 spiro atoms. The van der Waals surface area contributed by atoms with Gasteiger partial charge in [-0.2, -0.15) is 0 Å². The Bertz CT molecular complexity index is 377. The third-order valence-corrected chi connectivity index (χ3v) is 1.69. The van der Waals surface area contributed by atoms with Crippen molar-refractivity contribution in [2.24, 2.45) is 0 Å². The SMILES string of the molecule is O=C([O-])c1cccc(Cl)c1[N+](=O)[O-]. The van der Waals surface area contributed by atoms with Crippen molar-refractivity contribution in [2.75, 3.05) is 0 Å². The zero-order valence-corrected chi connectivity index (χ0v) is 6.95. The highest BCUT2D eigenvalue weighted by Crippen LogP contribution is 2.27. The molecule has 0 heterocycles. The Balaban J connectivity index is 3.43. The van der Waals surface area contributed by atoms with Gasteiger partial charge in [0.25, 0.3) is 5.69 Å². The van der Waals surface area contributed by atoms with Crippen LogP contribution in [0.5, 0.6) is 0 Å². The average Bonchev–Trinajstić information content (AvgIpc) is 2.02. The molecule has 0 unspecified atom stereocenters. The number of carboxylic acid groups (broad SMARTS) is 1. The Labute approximate surface area is 77.7 Å². The molecule has 0 N–H and O–H groups in total. The molecule has 0 aromatic heterocycles. The maximum Gasteiger partial charge on any atom is 0.296 e. The molecule has 0 saturated carbocycles.